The highest BCUT2D eigenvalue weighted by molar-refractivity contribution is 6.08. The highest BCUT2D eigenvalue weighted by Gasteiger charge is 2.52. The summed E-state index contributed by atoms with van der Waals surface area (Å²) in [5.41, 5.74) is 16.3. The molecule has 7 aromatic carbocycles. The first kappa shape index (κ1) is 24.1. The maximum atomic E-state index is 6.45. The molecule has 0 unspecified atom stereocenters. The SMILES string of the molecule is Cc1cc2c(c3ccccc13)-c1ccc(Cc3cccc4c3oc3ccccc34)cc1C21c2ccccc2-c2ccccc21. The molecule has 1 heteroatoms. The molecule has 1 nitrogen and oxygen atoms in total. The molecule has 0 fully saturated rings. The van der Waals surface area contributed by atoms with Crippen LogP contribution in [0.1, 0.15) is 38.9 Å². The van der Waals surface area contributed by atoms with Gasteiger partial charge in [0.2, 0.25) is 0 Å². The van der Waals surface area contributed by atoms with Crippen molar-refractivity contribution in [2.45, 2.75) is 18.8 Å². The third kappa shape index (κ3) is 2.94. The van der Waals surface area contributed by atoms with Crippen molar-refractivity contribution < 1.29 is 4.42 Å². The molecule has 44 heavy (non-hydrogen) atoms. The van der Waals surface area contributed by atoms with Gasteiger partial charge in [0.1, 0.15) is 11.2 Å². The van der Waals surface area contributed by atoms with Gasteiger partial charge in [-0.1, -0.05) is 133 Å². The van der Waals surface area contributed by atoms with E-state index in [1.807, 2.05) is 6.07 Å². The quantitative estimate of drug-likeness (QED) is 0.205. The fourth-order valence-electron chi connectivity index (χ4n) is 8.50. The van der Waals surface area contributed by atoms with Crippen LogP contribution in [-0.4, -0.2) is 0 Å². The molecule has 8 aromatic rings. The zero-order valence-corrected chi connectivity index (χ0v) is 24.4. The summed E-state index contributed by atoms with van der Waals surface area (Å²) in [5, 5.41) is 5.02. The van der Waals surface area contributed by atoms with Gasteiger partial charge in [-0.25, -0.2) is 0 Å². The molecule has 10 rings (SSSR count). The first-order valence-electron chi connectivity index (χ1n) is 15.5. The van der Waals surface area contributed by atoms with Gasteiger partial charge in [0, 0.05) is 17.2 Å². The summed E-state index contributed by atoms with van der Waals surface area (Å²) in [6.45, 7) is 2.27. The average molecular weight is 561 g/mol. The number of aryl methyl sites for hydroxylation is 1. The number of para-hydroxylation sites is 2. The van der Waals surface area contributed by atoms with Gasteiger partial charge in [0.05, 0.1) is 5.41 Å². The van der Waals surface area contributed by atoms with Crippen LogP contribution in [0.2, 0.25) is 0 Å². The Balaban J connectivity index is 1.27. The van der Waals surface area contributed by atoms with Crippen LogP contribution in [0.25, 0.3) is 55.0 Å². The zero-order valence-electron chi connectivity index (χ0n) is 24.4. The molecule has 1 heterocycles. The van der Waals surface area contributed by atoms with Crippen molar-refractivity contribution in [1.29, 1.82) is 0 Å². The van der Waals surface area contributed by atoms with E-state index in [1.165, 1.54) is 82.7 Å². The second-order valence-electron chi connectivity index (χ2n) is 12.5. The number of rotatable bonds is 2. The van der Waals surface area contributed by atoms with Crippen LogP contribution in [-0.2, 0) is 11.8 Å². The van der Waals surface area contributed by atoms with Crippen LogP contribution in [0, 0.1) is 6.92 Å². The molecule has 0 atom stereocenters. The lowest BCUT2D eigenvalue weighted by molar-refractivity contribution is 0.664. The normalized spacial score (nSPS) is 13.8. The van der Waals surface area contributed by atoms with Crippen LogP contribution in [0.4, 0.5) is 0 Å². The van der Waals surface area contributed by atoms with Crippen molar-refractivity contribution in [3.63, 3.8) is 0 Å². The third-order valence-electron chi connectivity index (χ3n) is 10.2. The molecule has 1 spiro atoms. The van der Waals surface area contributed by atoms with E-state index in [0.29, 0.717) is 0 Å². The van der Waals surface area contributed by atoms with E-state index in [2.05, 4.69) is 140 Å². The lowest BCUT2D eigenvalue weighted by Crippen LogP contribution is -2.26. The summed E-state index contributed by atoms with van der Waals surface area (Å²) in [6, 6.07) is 51.7. The van der Waals surface area contributed by atoms with Crippen molar-refractivity contribution in [1.82, 2.24) is 0 Å². The molecule has 0 N–H and O–H groups in total. The molecule has 0 saturated heterocycles. The first-order chi connectivity index (χ1) is 21.7. The number of benzene rings is 7. The predicted molar refractivity (Wildman–Crippen MR) is 182 cm³/mol. The van der Waals surface area contributed by atoms with E-state index in [9.17, 15) is 0 Å². The topological polar surface area (TPSA) is 13.1 Å². The number of furan rings is 1. The van der Waals surface area contributed by atoms with Gasteiger partial charge in [-0.05, 0) is 85.0 Å². The Morgan fingerprint density at radius 1 is 0.500 bits per heavy atom. The number of fused-ring (bicyclic) bond motifs is 15. The first-order valence-corrected chi connectivity index (χ1v) is 15.5. The second-order valence-corrected chi connectivity index (χ2v) is 12.5. The Kier molecular flexibility index (Phi) is 4.70. The highest BCUT2D eigenvalue weighted by atomic mass is 16.3. The minimum Gasteiger partial charge on any atom is -0.456 e. The van der Waals surface area contributed by atoms with Gasteiger partial charge >= 0.3 is 0 Å². The van der Waals surface area contributed by atoms with Gasteiger partial charge in [0.15, 0.2) is 0 Å². The number of hydrogen-bond acceptors (Lipinski definition) is 1. The Hall–Kier alpha value is -5.40. The Labute approximate surface area is 256 Å². The molecule has 0 radical (unpaired) electrons. The predicted octanol–water partition coefficient (Wildman–Crippen LogP) is 11.0. The molecule has 0 bridgehead atoms. The van der Waals surface area contributed by atoms with Crippen molar-refractivity contribution >= 4 is 32.7 Å². The summed E-state index contributed by atoms with van der Waals surface area (Å²) in [4.78, 5) is 0. The molecule has 0 aliphatic heterocycles. The van der Waals surface area contributed by atoms with Crippen molar-refractivity contribution in [3.05, 3.63) is 178 Å². The fourth-order valence-corrected chi connectivity index (χ4v) is 8.50. The molecule has 0 saturated carbocycles. The molecule has 2 aliphatic rings. The average Bonchev–Trinajstić information content (AvgIpc) is 3.69. The lowest BCUT2D eigenvalue weighted by Gasteiger charge is -2.31. The van der Waals surface area contributed by atoms with E-state index in [1.54, 1.807) is 0 Å². The maximum absolute atomic E-state index is 6.45. The third-order valence-corrected chi connectivity index (χ3v) is 10.2. The number of hydrogen-bond donors (Lipinski definition) is 0. The van der Waals surface area contributed by atoms with E-state index >= 15 is 0 Å². The minimum absolute atomic E-state index is 0.367. The zero-order chi connectivity index (χ0) is 29.0. The summed E-state index contributed by atoms with van der Waals surface area (Å²) in [6.07, 6.45) is 0.805. The summed E-state index contributed by atoms with van der Waals surface area (Å²) in [5.74, 6) is 0. The molecule has 2 aliphatic carbocycles. The van der Waals surface area contributed by atoms with Crippen LogP contribution in [0.3, 0.4) is 0 Å². The van der Waals surface area contributed by atoms with Gasteiger partial charge in [0.25, 0.3) is 0 Å². The molecule has 0 amide bonds. The summed E-state index contributed by atoms with van der Waals surface area (Å²) < 4.78 is 6.45. The molecular formula is C43H28O. The molecule has 1 aromatic heterocycles. The monoisotopic (exact) mass is 560 g/mol. The largest absolute Gasteiger partial charge is 0.456 e. The molecule has 206 valence electrons. The maximum Gasteiger partial charge on any atom is 0.138 e. The molecular weight excluding hydrogens is 532 g/mol. The van der Waals surface area contributed by atoms with E-state index in [4.69, 9.17) is 4.42 Å². The Bertz CT molecular complexity index is 2450. The van der Waals surface area contributed by atoms with Gasteiger partial charge < -0.3 is 4.42 Å². The van der Waals surface area contributed by atoms with Crippen molar-refractivity contribution in [2.24, 2.45) is 0 Å². The standard InChI is InChI=1S/C43H28O/c1-26-23-39-41(33-16-3-2-12-29(26)33)35-22-21-27(24-28-11-10-17-34-32-15-6-9-20-40(32)44-42(28)34)25-38(35)43(39)36-18-7-4-13-30(36)31-14-5-8-19-37(31)43/h2-23,25H,24H2,1H3. The van der Waals surface area contributed by atoms with E-state index in [0.717, 1.165) is 17.6 Å². The van der Waals surface area contributed by atoms with E-state index in [-0.39, 0.29) is 5.41 Å². The highest BCUT2D eigenvalue weighted by Crippen LogP contribution is 2.64. The van der Waals surface area contributed by atoms with Gasteiger partial charge in [-0.2, -0.15) is 0 Å². The van der Waals surface area contributed by atoms with Crippen LogP contribution in [0.15, 0.2) is 144 Å². The van der Waals surface area contributed by atoms with Crippen LogP contribution in [0.5, 0.6) is 0 Å². The van der Waals surface area contributed by atoms with Gasteiger partial charge in [-0.15, -0.1) is 0 Å². The van der Waals surface area contributed by atoms with Crippen LogP contribution >= 0.6 is 0 Å². The Morgan fingerprint density at radius 2 is 1.16 bits per heavy atom. The summed E-state index contributed by atoms with van der Waals surface area (Å²) >= 11 is 0. The lowest BCUT2D eigenvalue weighted by atomic mass is 9.70. The summed E-state index contributed by atoms with van der Waals surface area (Å²) in [7, 11) is 0. The second kappa shape index (κ2) is 8.58. The van der Waals surface area contributed by atoms with Crippen molar-refractivity contribution in [2.75, 3.05) is 0 Å². The van der Waals surface area contributed by atoms with E-state index < -0.39 is 0 Å². The fraction of sp³-hybridized carbons (Fsp3) is 0.0698. The van der Waals surface area contributed by atoms with Crippen molar-refractivity contribution in [3.8, 4) is 22.3 Å². The Morgan fingerprint density at radius 3 is 1.95 bits per heavy atom. The smallest absolute Gasteiger partial charge is 0.138 e. The minimum atomic E-state index is -0.367. The van der Waals surface area contributed by atoms with Crippen LogP contribution < -0.4 is 0 Å². The van der Waals surface area contributed by atoms with Gasteiger partial charge in [-0.3, -0.25) is 0 Å².